The number of hydrogen-bond acceptors (Lipinski definition) is 2. The van der Waals surface area contributed by atoms with E-state index in [-0.39, 0.29) is 11.7 Å². The van der Waals surface area contributed by atoms with Crippen molar-refractivity contribution in [3.63, 3.8) is 0 Å². The minimum absolute atomic E-state index is 0.188. The molecule has 6 heteroatoms. The van der Waals surface area contributed by atoms with E-state index < -0.39 is 0 Å². The summed E-state index contributed by atoms with van der Waals surface area (Å²) in [5.74, 6) is 0.804. The molecular formula is C15H10BrClFN3. The van der Waals surface area contributed by atoms with Crippen LogP contribution in [0.15, 0.2) is 53.0 Å². The predicted molar refractivity (Wildman–Crippen MR) is 84.0 cm³/mol. The minimum atomic E-state index is -0.366. The summed E-state index contributed by atoms with van der Waals surface area (Å²) in [6.07, 6.45) is 0. The van der Waals surface area contributed by atoms with Gasteiger partial charge >= 0.3 is 0 Å². The molecule has 0 aliphatic carbocycles. The van der Waals surface area contributed by atoms with Gasteiger partial charge in [-0.05, 0) is 40.2 Å². The summed E-state index contributed by atoms with van der Waals surface area (Å²) < 4.78 is 16.6. The van der Waals surface area contributed by atoms with Crippen LogP contribution < -0.4 is 0 Å². The second-order valence-electron chi connectivity index (χ2n) is 4.34. The third kappa shape index (κ3) is 2.59. The van der Waals surface area contributed by atoms with Gasteiger partial charge in [0.2, 0.25) is 0 Å². The third-order valence-corrected chi connectivity index (χ3v) is 3.95. The van der Waals surface area contributed by atoms with E-state index in [1.807, 2.05) is 30.3 Å². The number of para-hydroxylation sites is 1. The summed E-state index contributed by atoms with van der Waals surface area (Å²) in [4.78, 5) is 0. The van der Waals surface area contributed by atoms with Crippen molar-refractivity contribution in [2.24, 2.45) is 0 Å². The van der Waals surface area contributed by atoms with E-state index in [0.29, 0.717) is 21.7 Å². The van der Waals surface area contributed by atoms with E-state index in [9.17, 15) is 4.39 Å². The highest BCUT2D eigenvalue weighted by Gasteiger charge is 2.19. The van der Waals surface area contributed by atoms with Crippen LogP contribution in [0.4, 0.5) is 4.39 Å². The van der Waals surface area contributed by atoms with Gasteiger partial charge in [0.15, 0.2) is 11.6 Å². The van der Waals surface area contributed by atoms with Crippen LogP contribution in [0.2, 0.25) is 0 Å². The van der Waals surface area contributed by atoms with E-state index in [1.54, 1.807) is 16.7 Å². The van der Waals surface area contributed by atoms with Crippen molar-refractivity contribution in [2.75, 3.05) is 0 Å². The van der Waals surface area contributed by atoms with Crippen LogP contribution in [0.3, 0.4) is 0 Å². The SMILES string of the molecule is Fc1cccc(Br)c1-c1nnc(CCl)n1-c1ccccc1. The van der Waals surface area contributed by atoms with E-state index in [0.717, 1.165) is 5.69 Å². The average Bonchev–Trinajstić information content (AvgIpc) is 2.91. The lowest BCUT2D eigenvalue weighted by atomic mass is 10.2. The molecule has 0 radical (unpaired) electrons. The summed E-state index contributed by atoms with van der Waals surface area (Å²) >= 11 is 9.30. The molecule has 1 aromatic heterocycles. The van der Waals surface area contributed by atoms with Gasteiger partial charge in [-0.1, -0.05) is 24.3 Å². The number of hydrogen-bond donors (Lipinski definition) is 0. The maximum atomic E-state index is 14.2. The summed E-state index contributed by atoms with van der Waals surface area (Å²) in [5, 5.41) is 8.18. The largest absolute Gasteiger partial charge is 0.278 e. The Bertz CT molecular complexity index is 754. The lowest BCUT2D eigenvalue weighted by molar-refractivity contribution is 0.628. The first kappa shape index (κ1) is 14.2. The highest BCUT2D eigenvalue weighted by atomic mass is 79.9. The third-order valence-electron chi connectivity index (χ3n) is 3.05. The quantitative estimate of drug-likeness (QED) is 0.636. The molecular weight excluding hydrogens is 357 g/mol. The van der Waals surface area contributed by atoms with Crippen molar-refractivity contribution in [2.45, 2.75) is 5.88 Å². The van der Waals surface area contributed by atoms with Crippen molar-refractivity contribution in [3.05, 3.63) is 64.6 Å². The lowest BCUT2D eigenvalue weighted by Gasteiger charge is -2.11. The van der Waals surface area contributed by atoms with Gasteiger partial charge in [0.05, 0.1) is 11.4 Å². The Morgan fingerprint density at radius 1 is 1.05 bits per heavy atom. The summed E-state index contributed by atoms with van der Waals surface area (Å²) in [6, 6.07) is 14.3. The van der Waals surface area contributed by atoms with Gasteiger partial charge in [0, 0.05) is 10.2 Å². The molecule has 0 bridgehead atoms. The first-order valence-corrected chi connectivity index (χ1v) is 7.55. The Kier molecular flexibility index (Phi) is 4.03. The smallest absolute Gasteiger partial charge is 0.172 e. The minimum Gasteiger partial charge on any atom is -0.278 e. The van der Waals surface area contributed by atoms with Gasteiger partial charge < -0.3 is 0 Å². The monoisotopic (exact) mass is 365 g/mol. The molecule has 0 unspecified atom stereocenters. The number of alkyl halides is 1. The number of aromatic nitrogens is 3. The molecule has 21 heavy (non-hydrogen) atoms. The predicted octanol–water partition coefficient (Wildman–Crippen LogP) is 4.57. The van der Waals surface area contributed by atoms with E-state index in [2.05, 4.69) is 26.1 Å². The standard InChI is InChI=1S/C15H10BrClFN3/c16-11-7-4-8-12(18)14(11)15-20-19-13(9-17)21(15)10-5-2-1-3-6-10/h1-8H,9H2. The van der Waals surface area contributed by atoms with Crippen molar-refractivity contribution >= 4 is 27.5 Å². The van der Waals surface area contributed by atoms with Crippen LogP contribution >= 0.6 is 27.5 Å². The summed E-state index contributed by atoms with van der Waals surface area (Å²) in [6.45, 7) is 0. The van der Waals surface area contributed by atoms with E-state index in [4.69, 9.17) is 11.6 Å². The molecule has 0 atom stereocenters. The first-order valence-electron chi connectivity index (χ1n) is 6.22. The molecule has 3 rings (SSSR count). The highest BCUT2D eigenvalue weighted by Crippen LogP contribution is 2.31. The van der Waals surface area contributed by atoms with Gasteiger partial charge in [-0.2, -0.15) is 0 Å². The Labute approximate surface area is 134 Å². The summed E-state index contributed by atoms with van der Waals surface area (Å²) in [5.41, 5.74) is 1.20. The molecule has 106 valence electrons. The van der Waals surface area contributed by atoms with Gasteiger partial charge in [-0.25, -0.2) is 4.39 Å². The Balaban J connectivity index is 2.28. The number of halogens is 3. The van der Waals surface area contributed by atoms with Crippen LogP contribution in [0, 0.1) is 5.82 Å². The average molecular weight is 367 g/mol. The van der Waals surface area contributed by atoms with Crippen LogP contribution in [0.1, 0.15) is 5.82 Å². The van der Waals surface area contributed by atoms with Gasteiger partial charge in [0.1, 0.15) is 5.82 Å². The first-order chi connectivity index (χ1) is 10.2. The van der Waals surface area contributed by atoms with E-state index in [1.165, 1.54) is 6.07 Å². The van der Waals surface area contributed by atoms with Crippen molar-refractivity contribution < 1.29 is 4.39 Å². The molecule has 0 N–H and O–H groups in total. The second kappa shape index (κ2) is 5.95. The molecule has 0 fully saturated rings. The molecule has 0 amide bonds. The van der Waals surface area contributed by atoms with Crippen LogP contribution in [0.25, 0.3) is 17.1 Å². The zero-order chi connectivity index (χ0) is 14.8. The number of rotatable bonds is 3. The maximum Gasteiger partial charge on any atom is 0.172 e. The molecule has 0 saturated heterocycles. The highest BCUT2D eigenvalue weighted by molar-refractivity contribution is 9.10. The Hall–Kier alpha value is -1.72. The fourth-order valence-corrected chi connectivity index (χ4v) is 2.82. The van der Waals surface area contributed by atoms with Crippen molar-refractivity contribution in [3.8, 4) is 17.1 Å². The van der Waals surface area contributed by atoms with Crippen LogP contribution in [-0.4, -0.2) is 14.8 Å². The van der Waals surface area contributed by atoms with Gasteiger partial charge in [0.25, 0.3) is 0 Å². The zero-order valence-corrected chi connectivity index (χ0v) is 13.1. The fraction of sp³-hybridized carbons (Fsp3) is 0.0667. The molecule has 0 saturated carbocycles. The van der Waals surface area contributed by atoms with Gasteiger partial charge in [-0.3, -0.25) is 4.57 Å². The Morgan fingerprint density at radius 3 is 2.48 bits per heavy atom. The Morgan fingerprint density at radius 2 is 1.81 bits per heavy atom. The topological polar surface area (TPSA) is 30.7 Å². The van der Waals surface area contributed by atoms with Crippen LogP contribution in [-0.2, 0) is 5.88 Å². The zero-order valence-electron chi connectivity index (χ0n) is 10.8. The van der Waals surface area contributed by atoms with E-state index >= 15 is 0 Å². The second-order valence-corrected chi connectivity index (χ2v) is 5.46. The number of benzene rings is 2. The van der Waals surface area contributed by atoms with Crippen molar-refractivity contribution in [1.29, 1.82) is 0 Å². The molecule has 0 spiro atoms. The lowest BCUT2D eigenvalue weighted by Crippen LogP contribution is -2.03. The molecule has 2 aromatic carbocycles. The molecule has 1 heterocycles. The summed E-state index contributed by atoms with van der Waals surface area (Å²) in [7, 11) is 0. The maximum absolute atomic E-state index is 14.2. The van der Waals surface area contributed by atoms with Crippen molar-refractivity contribution in [1.82, 2.24) is 14.8 Å². The van der Waals surface area contributed by atoms with Crippen LogP contribution in [0.5, 0.6) is 0 Å². The molecule has 3 aromatic rings. The normalized spacial score (nSPS) is 10.8. The fourth-order valence-electron chi connectivity index (χ4n) is 2.12. The van der Waals surface area contributed by atoms with Gasteiger partial charge in [-0.15, -0.1) is 21.8 Å². The molecule has 0 aliphatic heterocycles. The number of nitrogens with zero attached hydrogens (tertiary/aromatic N) is 3. The molecule has 0 aliphatic rings. The molecule has 3 nitrogen and oxygen atoms in total.